The van der Waals surface area contributed by atoms with E-state index in [0.29, 0.717) is 0 Å². The predicted molar refractivity (Wildman–Crippen MR) is 93.4 cm³/mol. The van der Waals surface area contributed by atoms with Gasteiger partial charge in [0.15, 0.2) is 5.17 Å². The molecule has 0 atom stereocenters. The van der Waals surface area contributed by atoms with Crippen molar-refractivity contribution in [1.29, 1.82) is 0 Å². The number of hydrogen-bond donors (Lipinski definition) is 1. The van der Waals surface area contributed by atoms with Gasteiger partial charge in [-0.1, -0.05) is 36.0 Å². The first-order chi connectivity index (χ1) is 10.8. The number of methoxy groups -OCH3 is 1. The highest BCUT2D eigenvalue weighted by Crippen LogP contribution is 2.24. The molecule has 0 unspecified atom stereocenters. The largest absolute Gasteiger partial charge is 0.496 e. The molecule has 0 spiro atoms. The van der Waals surface area contributed by atoms with Crippen molar-refractivity contribution in [3.63, 3.8) is 0 Å². The van der Waals surface area contributed by atoms with Gasteiger partial charge in [-0.15, -0.1) is 0 Å². The zero-order valence-corrected chi connectivity index (χ0v) is 13.4. The molecule has 0 aromatic heterocycles. The zero-order valence-electron chi connectivity index (χ0n) is 12.5. The summed E-state index contributed by atoms with van der Waals surface area (Å²) in [7, 11) is 1.69. The Kier molecular flexibility index (Phi) is 4.44. The van der Waals surface area contributed by atoms with Gasteiger partial charge in [-0.2, -0.15) is 5.10 Å². The van der Waals surface area contributed by atoms with E-state index in [0.717, 1.165) is 33.6 Å². The Morgan fingerprint density at radius 1 is 1.18 bits per heavy atom. The number of rotatable bonds is 3. The van der Waals surface area contributed by atoms with Gasteiger partial charge in [0.25, 0.3) is 0 Å². The molecule has 1 aliphatic rings. The van der Waals surface area contributed by atoms with Gasteiger partial charge in [-0.25, -0.2) is 4.99 Å². The number of para-hydroxylation sites is 1. The van der Waals surface area contributed by atoms with Gasteiger partial charge in [0.05, 0.1) is 18.5 Å². The molecule has 2 aromatic rings. The molecule has 22 heavy (non-hydrogen) atoms. The third-order valence-corrected chi connectivity index (χ3v) is 4.16. The first kappa shape index (κ1) is 14.7. The Labute approximate surface area is 134 Å². The van der Waals surface area contributed by atoms with Crippen molar-refractivity contribution in [3.05, 3.63) is 59.7 Å². The van der Waals surface area contributed by atoms with Gasteiger partial charge in [0.2, 0.25) is 0 Å². The maximum Gasteiger partial charge on any atom is 0.182 e. The maximum absolute atomic E-state index is 5.45. The zero-order chi connectivity index (χ0) is 15.4. The Morgan fingerprint density at radius 3 is 2.68 bits per heavy atom. The van der Waals surface area contributed by atoms with Crippen LogP contribution in [0.5, 0.6) is 5.75 Å². The Hall–Kier alpha value is -2.27. The van der Waals surface area contributed by atoms with Gasteiger partial charge >= 0.3 is 0 Å². The lowest BCUT2D eigenvalue weighted by Gasteiger charge is -2.17. The number of hydrogen-bond acceptors (Lipinski definition) is 4. The third kappa shape index (κ3) is 3.31. The van der Waals surface area contributed by atoms with Crippen LogP contribution in [0.15, 0.2) is 58.6 Å². The molecular weight excluding hydrogens is 294 g/mol. The monoisotopic (exact) mass is 311 g/mol. The van der Waals surface area contributed by atoms with Crippen LogP contribution in [0.4, 0.5) is 5.69 Å². The fourth-order valence-electron chi connectivity index (χ4n) is 2.17. The highest BCUT2D eigenvalue weighted by Gasteiger charge is 2.16. The minimum atomic E-state index is 0.762. The van der Waals surface area contributed by atoms with Crippen LogP contribution in [0.2, 0.25) is 0 Å². The normalized spacial score (nSPS) is 16.1. The maximum atomic E-state index is 5.45. The third-order valence-electron chi connectivity index (χ3n) is 3.29. The Balaban J connectivity index is 1.81. The van der Waals surface area contributed by atoms with E-state index >= 15 is 0 Å². The Morgan fingerprint density at radius 2 is 2.00 bits per heavy atom. The van der Waals surface area contributed by atoms with Crippen molar-refractivity contribution < 1.29 is 4.74 Å². The Bertz CT molecular complexity index is 726. The lowest BCUT2D eigenvalue weighted by molar-refractivity contribution is 0.413. The summed E-state index contributed by atoms with van der Waals surface area (Å²) >= 11 is 1.64. The molecule has 1 N–H and O–H groups in total. The summed E-state index contributed by atoms with van der Waals surface area (Å²) < 4.78 is 5.45. The number of nitrogens with one attached hydrogen (secondary N) is 1. The topological polar surface area (TPSA) is 46.0 Å². The van der Waals surface area contributed by atoms with E-state index in [-0.39, 0.29) is 0 Å². The second-order valence-electron chi connectivity index (χ2n) is 4.92. The van der Waals surface area contributed by atoms with Crippen LogP contribution in [0, 0.1) is 6.92 Å². The summed E-state index contributed by atoms with van der Waals surface area (Å²) in [6.45, 7) is 2.05. The van der Waals surface area contributed by atoms with Crippen molar-refractivity contribution in [3.8, 4) is 5.75 Å². The van der Waals surface area contributed by atoms with Gasteiger partial charge in [-0.05, 0) is 36.8 Å². The fourth-order valence-corrected chi connectivity index (χ4v) is 2.94. The highest BCUT2D eigenvalue weighted by molar-refractivity contribution is 8.14. The molecule has 3 rings (SSSR count). The summed E-state index contributed by atoms with van der Waals surface area (Å²) in [5.41, 5.74) is 7.10. The fraction of sp³-hybridized carbons (Fsp3) is 0.176. The van der Waals surface area contributed by atoms with Crippen LogP contribution in [0.1, 0.15) is 11.1 Å². The first-order valence-electron chi connectivity index (χ1n) is 7.00. The molecule has 0 amide bonds. The minimum Gasteiger partial charge on any atom is -0.496 e. The number of benzene rings is 2. The van der Waals surface area contributed by atoms with Gasteiger partial charge in [-0.3, -0.25) is 5.43 Å². The van der Waals surface area contributed by atoms with Crippen molar-refractivity contribution in [2.45, 2.75) is 6.92 Å². The molecule has 112 valence electrons. The molecular formula is C17H17N3OS. The summed E-state index contributed by atoms with van der Waals surface area (Å²) in [6.07, 6.45) is 0. The number of aryl methyl sites for hydroxylation is 1. The van der Waals surface area contributed by atoms with Gasteiger partial charge < -0.3 is 4.74 Å². The van der Waals surface area contributed by atoms with Gasteiger partial charge in [0, 0.05) is 11.3 Å². The van der Waals surface area contributed by atoms with Crippen molar-refractivity contribution in [1.82, 2.24) is 5.43 Å². The van der Waals surface area contributed by atoms with E-state index < -0.39 is 0 Å². The molecule has 0 aliphatic carbocycles. The molecule has 0 radical (unpaired) electrons. The van der Waals surface area contributed by atoms with E-state index in [1.54, 1.807) is 18.9 Å². The van der Waals surface area contributed by atoms with Crippen LogP contribution in [0.25, 0.3) is 0 Å². The van der Waals surface area contributed by atoms with E-state index in [9.17, 15) is 0 Å². The summed E-state index contributed by atoms with van der Waals surface area (Å²) in [6, 6.07) is 16.0. The molecule has 1 aliphatic heterocycles. The number of ether oxygens (including phenoxy) is 1. The molecule has 0 saturated carbocycles. The molecule has 0 saturated heterocycles. The van der Waals surface area contributed by atoms with Crippen LogP contribution in [0.3, 0.4) is 0 Å². The second kappa shape index (κ2) is 6.66. The average Bonchev–Trinajstić information content (AvgIpc) is 2.56. The van der Waals surface area contributed by atoms with Crippen LogP contribution in [-0.4, -0.2) is 23.7 Å². The smallest absolute Gasteiger partial charge is 0.182 e. The molecule has 4 nitrogen and oxygen atoms in total. The number of thioether (sulfide) groups is 1. The summed E-state index contributed by atoms with van der Waals surface area (Å²) in [5, 5.41) is 5.26. The predicted octanol–water partition coefficient (Wildman–Crippen LogP) is 3.73. The van der Waals surface area contributed by atoms with Crippen molar-refractivity contribution in [2.24, 2.45) is 10.1 Å². The van der Waals surface area contributed by atoms with E-state index in [2.05, 4.69) is 27.7 Å². The quantitative estimate of drug-likeness (QED) is 0.939. The number of nitrogens with zero attached hydrogens (tertiary/aromatic N) is 2. The molecule has 0 fully saturated rings. The van der Waals surface area contributed by atoms with Crippen molar-refractivity contribution >= 4 is 28.3 Å². The second-order valence-corrected chi connectivity index (χ2v) is 5.88. The highest BCUT2D eigenvalue weighted by atomic mass is 32.2. The average molecular weight is 311 g/mol. The number of hydrazone groups is 1. The SMILES string of the molecule is COc1cc(C)ccc1C1=NNC(=Nc2ccccc2)SC1. The standard InChI is InChI=1S/C17H17N3OS/c1-12-8-9-14(16(10-12)21-2)15-11-22-17(20-19-15)18-13-6-4-3-5-7-13/h3-10H,11H2,1-2H3,(H,18,20). The van der Waals surface area contributed by atoms with Crippen LogP contribution < -0.4 is 10.2 Å². The molecule has 5 heteroatoms. The van der Waals surface area contributed by atoms with E-state index in [1.807, 2.05) is 43.3 Å². The van der Waals surface area contributed by atoms with E-state index in [1.165, 1.54) is 5.56 Å². The van der Waals surface area contributed by atoms with Crippen molar-refractivity contribution in [2.75, 3.05) is 12.9 Å². The lowest BCUT2D eigenvalue weighted by Crippen LogP contribution is -2.25. The van der Waals surface area contributed by atoms with Gasteiger partial charge in [0.1, 0.15) is 5.75 Å². The first-order valence-corrected chi connectivity index (χ1v) is 7.99. The summed E-state index contributed by atoms with van der Waals surface area (Å²) in [5.74, 6) is 1.61. The molecule has 0 bridgehead atoms. The molecule has 1 heterocycles. The molecule has 2 aromatic carbocycles. The lowest BCUT2D eigenvalue weighted by atomic mass is 10.1. The number of aliphatic imine (C=N–C) groups is 1. The number of amidine groups is 1. The van der Waals surface area contributed by atoms with E-state index in [4.69, 9.17) is 4.74 Å². The van der Waals surface area contributed by atoms with Crippen LogP contribution >= 0.6 is 11.8 Å². The minimum absolute atomic E-state index is 0.762. The summed E-state index contributed by atoms with van der Waals surface area (Å²) in [4.78, 5) is 4.53. The van der Waals surface area contributed by atoms with Crippen LogP contribution in [-0.2, 0) is 0 Å².